The molecule has 0 aliphatic carbocycles. The van der Waals surface area contributed by atoms with E-state index in [9.17, 15) is 9.59 Å². The second-order valence-corrected chi connectivity index (χ2v) is 8.63. The maximum Gasteiger partial charge on any atom is 0.227 e. The molecule has 2 amide bonds. The third-order valence-corrected chi connectivity index (χ3v) is 6.55. The number of hydrogen-bond donors (Lipinski definition) is 1. The van der Waals surface area contributed by atoms with Crippen LogP contribution < -0.4 is 10.2 Å². The summed E-state index contributed by atoms with van der Waals surface area (Å²) in [4.78, 5) is 30.7. The minimum atomic E-state index is -0.0530. The Labute approximate surface area is 165 Å². The number of hydrogen-bond acceptors (Lipinski definition) is 5. The van der Waals surface area contributed by atoms with Gasteiger partial charge in [0, 0.05) is 25.1 Å². The number of amides is 2. The number of carbonyl (C=O) groups excluding carboxylic acids is 2. The van der Waals surface area contributed by atoms with Gasteiger partial charge in [-0.15, -0.1) is 11.3 Å². The van der Waals surface area contributed by atoms with Gasteiger partial charge in [-0.25, -0.2) is 4.98 Å². The minimum Gasteiger partial charge on any atom is -0.324 e. The van der Waals surface area contributed by atoms with E-state index in [1.54, 1.807) is 28.0 Å². The lowest BCUT2D eigenvalue weighted by Gasteiger charge is -2.19. The van der Waals surface area contributed by atoms with Crippen molar-refractivity contribution < 1.29 is 9.59 Å². The summed E-state index contributed by atoms with van der Waals surface area (Å²) in [5, 5.41) is 2.96. The zero-order chi connectivity index (χ0) is 18.6. The monoisotopic (exact) mass is 397 g/mol. The highest BCUT2D eigenvalue weighted by molar-refractivity contribution is 8.01. The van der Waals surface area contributed by atoms with Gasteiger partial charge >= 0.3 is 0 Å². The maximum atomic E-state index is 12.4. The lowest BCUT2D eigenvalue weighted by atomic mass is 10.2. The quantitative estimate of drug-likeness (QED) is 0.620. The van der Waals surface area contributed by atoms with Crippen molar-refractivity contribution in [3.8, 4) is 0 Å². The predicted octanol–water partition coefficient (Wildman–Crippen LogP) is 4.54. The van der Waals surface area contributed by atoms with Crippen molar-refractivity contribution in [3.05, 3.63) is 48.5 Å². The van der Waals surface area contributed by atoms with Crippen molar-refractivity contribution in [1.29, 1.82) is 0 Å². The van der Waals surface area contributed by atoms with Crippen LogP contribution in [0, 0.1) is 0 Å². The average Bonchev–Trinajstić information content (AvgIpc) is 3.27. The molecule has 0 unspecified atom stereocenters. The van der Waals surface area contributed by atoms with Crippen LogP contribution in [0.5, 0.6) is 0 Å². The summed E-state index contributed by atoms with van der Waals surface area (Å²) < 4.78 is 2.14. The van der Waals surface area contributed by atoms with Gasteiger partial charge in [0.25, 0.3) is 0 Å². The Balaban J connectivity index is 1.35. The molecule has 1 aromatic heterocycles. The minimum absolute atomic E-state index is 0.0530. The maximum absolute atomic E-state index is 12.4. The Morgan fingerprint density at radius 3 is 2.81 bits per heavy atom. The number of thioether (sulfide) groups is 1. The molecule has 5 nitrogen and oxygen atoms in total. The summed E-state index contributed by atoms with van der Waals surface area (Å²) in [6.45, 7) is 0.708. The molecule has 0 bridgehead atoms. The molecular formula is C20H19N3O2S2. The van der Waals surface area contributed by atoms with Gasteiger partial charge < -0.3 is 10.2 Å². The van der Waals surface area contributed by atoms with Crippen molar-refractivity contribution in [2.45, 2.75) is 23.6 Å². The Morgan fingerprint density at radius 2 is 2.00 bits per heavy atom. The summed E-state index contributed by atoms with van der Waals surface area (Å²) in [6, 6.07) is 15.5. The molecule has 2 heterocycles. The van der Waals surface area contributed by atoms with Crippen molar-refractivity contribution in [2.24, 2.45) is 0 Å². The third-order valence-electron chi connectivity index (χ3n) is 4.37. The van der Waals surface area contributed by atoms with Crippen LogP contribution in [0.2, 0.25) is 0 Å². The van der Waals surface area contributed by atoms with Crippen LogP contribution in [0.4, 0.5) is 11.4 Å². The van der Waals surface area contributed by atoms with Crippen LogP contribution >= 0.6 is 23.1 Å². The summed E-state index contributed by atoms with van der Waals surface area (Å²) >= 11 is 3.25. The zero-order valence-electron chi connectivity index (χ0n) is 14.7. The molecule has 7 heteroatoms. The van der Waals surface area contributed by atoms with Gasteiger partial charge in [0.1, 0.15) is 0 Å². The summed E-state index contributed by atoms with van der Waals surface area (Å²) in [5.74, 6) is 0.724. The molecule has 0 radical (unpaired) electrons. The van der Waals surface area contributed by atoms with E-state index in [-0.39, 0.29) is 11.8 Å². The fourth-order valence-corrected chi connectivity index (χ4v) is 5.15. The molecule has 1 aliphatic heterocycles. The van der Waals surface area contributed by atoms with Crippen molar-refractivity contribution in [1.82, 2.24) is 4.98 Å². The number of carbonyl (C=O) groups is 2. The third kappa shape index (κ3) is 4.14. The van der Waals surface area contributed by atoms with E-state index < -0.39 is 0 Å². The number of rotatable bonds is 6. The molecule has 2 aromatic carbocycles. The SMILES string of the molecule is O=C(CCSc1nc2ccccc2s1)Nc1ccccc1N1CCCC1=O. The number of nitrogens with one attached hydrogen (secondary N) is 1. The van der Waals surface area contributed by atoms with Gasteiger partial charge in [-0.05, 0) is 30.7 Å². The molecule has 0 saturated carbocycles. The number of benzene rings is 2. The van der Waals surface area contributed by atoms with Gasteiger partial charge in [-0.3, -0.25) is 9.59 Å². The van der Waals surface area contributed by atoms with Gasteiger partial charge in [0.15, 0.2) is 4.34 Å². The first kappa shape index (κ1) is 18.0. The molecular weight excluding hydrogens is 378 g/mol. The van der Waals surface area contributed by atoms with Crippen LogP contribution in [-0.2, 0) is 9.59 Å². The molecule has 0 atom stereocenters. The van der Waals surface area contributed by atoms with E-state index in [0.717, 1.165) is 26.7 Å². The second-order valence-electron chi connectivity index (χ2n) is 6.26. The number of thiazole rings is 1. The highest BCUT2D eigenvalue weighted by atomic mass is 32.2. The predicted molar refractivity (Wildman–Crippen MR) is 112 cm³/mol. The lowest BCUT2D eigenvalue weighted by molar-refractivity contribution is -0.117. The fourth-order valence-electron chi connectivity index (χ4n) is 3.07. The first-order valence-electron chi connectivity index (χ1n) is 8.88. The first-order valence-corrected chi connectivity index (χ1v) is 10.7. The summed E-state index contributed by atoms with van der Waals surface area (Å²) in [6.07, 6.45) is 1.82. The fraction of sp³-hybridized carbons (Fsp3) is 0.250. The van der Waals surface area contributed by atoms with E-state index in [4.69, 9.17) is 0 Å². The van der Waals surface area contributed by atoms with Gasteiger partial charge in [0.05, 0.1) is 21.6 Å². The Hall–Kier alpha value is -2.38. The average molecular weight is 398 g/mol. The topological polar surface area (TPSA) is 62.3 Å². The van der Waals surface area contributed by atoms with Crippen molar-refractivity contribution >= 4 is 56.5 Å². The van der Waals surface area contributed by atoms with Gasteiger partial charge in [-0.1, -0.05) is 36.0 Å². The van der Waals surface area contributed by atoms with E-state index in [1.165, 1.54) is 0 Å². The van der Waals surface area contributed by atoms with Crippen molar-refractivity contribution in [2.75, 3.05) is 22.5 Å². The molecule has 1 saturated heterocycles. The molecule has 0 spiro atoms. The highest BCUT2D eigenvalue weighted by Crippen LogP contribution is 2.31. The van der Waals surface area contributed by atoms with Crippen LogP contribution in [0.3, 0.4) is 0 Å². The zero-order valence-corrected chi connectivity index (χ0v) is 16.3. The van der Waals surface area contributed by atoms with E-state index >= 15 is 0 Å². The number of aromatic nitrogens is 1. The molecule has 3 aromatic rings. The van der Waals surface area contributed by atoms with Gasteiger partial charge in [0.2, 0.25) is 11.8 Å². The standard InChI is InChI=1S/C20H19N3O2S2/c24-18(11-13-26-20-22-15-7-2-4-9-17(15)27-20)21-14-6-1-3-8-16(14)23-12-5-10-19(23)25/h1-4,6-9H,5,10-13H2,(H,21,24). The van der Waals surface area contributed by atoms with Gasteiger partial charge in [-0.2, -0.15) is 0 Å². The Bertz CT molecular complexity index is 953. The van der Waals surface area contributed by atoms with E-state index in [0.29, 0.717) is 30.8 Å². The summed E-state index contributed by atoms with van der Waals surface area (Å²) in [5.41, 5.74) is 2.48. The van der Waals surface area contributed by atoms with E-state index in [2.05, 4.69) is 16.4 Å². The number of fused-ring (bicyclic) bond motifs is 1. The molecule has 4 rings (SSSR count). The largest absolute Gasteiger partial charge is 0.324 e. The number of para-hydroxylation sites is 3. The van der Waals surface area contributed by atoms with Crippen LogP contribution in [0.1, 0.15) is 19.3 Å². The van der Waals surface area contributed by atoms with Crippen LogP contribution in [0.25, 0.3) is 10.2 Å². The number of nitrogens with zero attached hydrogens (tertiary/aromatic N) is 2. The highest BCUT2D eigenvalue weighted by Gasteiger charge is 2.24. The molecule has 1 fully saturated rings. The van der Waals surface area contributed by atoms with Crippen molar-refractivity contribution in [3.63, 3.8) is 0 Å². The number of anilines is 2. The van der Waals surface area contributed by atoms with Crippen LogP contribution in [-0.4, -0.2) is 29.1 Å². The molecule has 1 aliphatic rings. The first-order chi connectivity index (χ1) is 13.2. The smallest absolute Gasteiger partial charge is 0.227 e. The molecule has 27 heavy (non-hydrogen) atoms. The Morgan fingerprint density at radius 1 is 1.19 bits per heavy atom. The molecule has 138 valence electrons. The van der Waals surface area contributed by atoms with Crippen LogP contribution in [0.15, 0.2) is 52.9 Å². The summed E-state index contributed by atoms with van der Waals surface area (Å²) in [7, 11) is 0. The lowest BCUT2D eigenvalue weighted by Crippen LogP contribution is -2.25. The molecule has 1 N–H and O–H groups in total. The normalized spacial score (nSPS) is 14.1. The van der Waals surface area contributed by atoms with E-state index in [1.807, 2.05) is 42.5 Å². The second kappa shape index (κ2) is 8.10. The Kier molecular flexibility index (Phi) is 5.40.